The van der Waals surface area contributed by atoms with Crippen molar-refractivity contribution in [1.82, 2.24) is 9.97 Å². The second-order valence-electron chi connectivity index (χ2n) is 7.36. The maximum atomic E-state index is 9.00. The van der Waals surface area contributed by atoms with Gasteiger partial charge in [0.25, 0.3) is 0 Å². The third kappa shape index (κ3) is 5.07. The summed E-state index contributed by atoms with van der Waals surface area (Å²) in [5.74, 6) is 1.14. The van der Waals surface area contributed by atoms with E-state index in [-0.39, 0.29) is 0 Å². The molecular weight excluding hydrogens is 428 g/mol. The molecule has 0 bridgehead atoms. The molecule has 0 radical (unpaired) electrons. The highest BCUT2D eigenvalue weighted by molar-refractivity contribution is 7.13. The zero-order chi connectivity index (χ0) is 23.2. The average Bonchev–Trinajstić information content (AvgIpc) is 3.35. The topological polar surface area (TPSA) is 97.4 Å². The molecule has 0 amide bonds. The van der Waals surface area contributed by atoms with Gasteiger partial charge >= 0.3 is 0 Å². The van der Waals surface area contributed by atoms with Crippen molar-refractivity contribution in [2.24, 2.45) is 0 Å². The van der Waals surface area contributed by atoms with Crippen LogP contribution in [0.3, 0.4) is 0 Å². The van der Waals surface area contributed by atoms with E-state index in [9.17, 15) is 0 Å². The highest BCUT2D eigenvalue weighted by Crippen LogP contribution is 2.34. The van der Waals surface area contributed by atoms with Gasteiger partial charge in [-0.2, -0.15) is 15.5 Å². The minimum absolute atomic E-state index is 0.450. The summed E-state index contributed by atoms with van der Waals surface area (Å²) in [6.07, 6.45) is 5.08. The Balaban J connectivity index is 1.71. The number of nitrogens with one attached hydrogen (secondary N) is 2. The van der Waals surface area contributed by atoms with Crippen LogP contribution in [-0.2, 0) is 0 Å². The quantitative estimate of drug-likeness (QED) is 0.318. The van der Waals surface area contributed by atoms with Crippen LogP contribution in [0, 0.1) is 36.5 Å². The summed E-state index contributed by atoms with van der Waals surface area (Å²) in [5.41, 5.74) is 6.32. The third-order valence-corrected chi connectivity index (χ3v) is 5.90. The van der Waals surface area contributed by atoms with E-state index in [4.69, 9.17) is 15.5 Å². The molecule has 7 heteroatoms. The fraction of sp³-hybridized carbons (Fsp3) is 0.0769. The third-order valence-electron chi connectivity index (χ3n) is 4.99. The van der Waals surface area contributed by atoms with E-state index in [0.717, 1.165) is 38.5 Å². The highest BCUT2D eigenvalue weighted by Gasteiger charge is 2.14. The van der Waals surface area contributed by atoms with Crippen molar-refractivity contribution in [1.29, 1.82) is 10.5 Å². The number of allylic oxidation sites excluding steroid dienone is 1. The van der Waals surface area contributed by atoms with E-state index in [1.54, 1.807) is 29.5 Å². The Kier molecular flexibility index (Phi) is 6.45. The first-order valence-corrected chi connectivity index (χ1v) is 11.1. The molecule has 2 aromatic carbocycles. The lowest BCUT2D eigenvalue weighted by atomic mass is 10.0. The van der Waals surface area contributed by atoms with E-state index >= 15 is 0 Å². The Hall–Kier alpha value is -4.46. The Morgan fingerprint density at radius 1 is 1.00 bits per heavy atom. The predicted octanol–water partition coefficient (Wildman–Crippen LogP) is 6.72. The number of hydrogen-bond donors (Lipinski definition) is 2. The van der Waals surface area contributed by atoms with Gasteiger partial charge in [0, 0.05) is 28.5 Å². The van der Waals surface area contributed by atoms with E-state index < -0.39 is 0 Å². The van der Waals surface area contributed by atoms with Gasteiger partial charge in [-0.25, -0.2) is 4.98 Å². The molecule has 4 aromatic rings. The molecule has 0 aliphatic heterocycles. The minimum Gasteiger partial charge on any atom is -0.339 e. The van der Waals surface area contributed by atoms with Gasteiger partial charge in [0.05, 0.1) is 23.3 Å². The molecule has 0 aliphatic rings. The summed E-state index contributed by atoms with van der Waals surface area (Å²) >= 11 is 1.62. The van der Waals surface area contributed by atoms with Crippen molar-refractivity contribution in [2.75, 3.05) is 10.6 Å². The van der Waals surface area contributed by atoms with Crippen LogP contribution in [0.25, 0.3) is 16.5 Å². The van der Waals surface area contributed by atoms with Gasteiger partial charge in [0.15, 0.2) is 0 Å². The van der Waals surface area contributed by atoms with Crippen molar-refractivity contribution in [3.05, 3.63) is 88.4 Å². The summed E-state index contributed by atoms with van der Waals surface area (Å²) < 4.78 is 0. The molecule has 2 N–H and O–H groups in total. The summed E-state index contributed by atoms with van der Waals surface area (Å²) in [7, 11) is 0. The van der Waals surface area contributed by atoms with E-state index in [1.807, 2.05) is 67.9 Å². The van der Waals surface area contributed by atoms with E-state index in [2.05, 4.69) is 21.7 Å². The molecule has 4 rings (SSSR count). The van der Waals surface area contributed by atoms with Crippen LogP contribution in [-0.4, -0.2) is 9.97 Å². The number of thiophene rings is 1. The number of aromatic nitrogens is 2. The minimum atomic E-state index is 0.450. The van der Waals surface area contributed by atoms with Gasteiger partial charge in [0.2, 0.25) is 5.95 Å². The van der Waals surface area contributed by atoms with Crippen LogP contribution >= 0.6 is 11.3 Å². The first-order valence-electron chi connectivity index (χ1n) is 10.2. The summed E-state index contributed by atoms with van der Waals surface area (Å²) in [6, 6.07) is 19.4. The largest absolute Gasteiger partial charge is 0.339 e. The molecule has 0 unspecified atom stereocenters. The lowest BCUT2D eigenvalue weighted by molar-refractivity contribution is 1.16. The molecule has 2 heterocycles. The first kappa shape index (κ1) is 21.8. The van der Waals surface area contributed by atoms with Gasteiger partial charge < -0.3 is 10.6 Å². The number of nitrogens with zero attached hydrogens (tertiary/aromatic N) is 4. The highest BCUT2D eigenvalue weighted by atomic mass is 32.1. The molecule has 33 heavy (non-hydrogen) atoms. The molecule has 0 atom stereocenters. The van der Waals surface area contributed by atoms with Gasteiger partial charge in [-0.3, -0.25) is 0 Å². The van der Waals surface area contributed by atoms with Crippen LogP contribution in [0.1, 0.15) is 22.3 Å². The summed E-state index contributed by atoms with van der Waals surface area (Å²) in [4.78, 5) is 10.3. The maximum Gasteiger partial charge on any atom is 0.229 e. The number of anilines is 4. The smallest absolute Gasteiger partial charge is 0.229 e. The monoisotopic (exact) mass is 448 g/mol. The van der Waals surface area contributed by atoms with Crippen LogP contribution in [0.2, 0.25) is 0 Å². The predicted molar refractivity (Wildman–Crippen MR) is 134 cm³/mol. The fourth-order valence-corrected chi connectivity index (χ4v) is 4.19. The van der Waals surface area contributed by atoms with E-state index in [1.165, 1.54) is 6.08 Å². The van der Waals surface area contributed by atoms with Crippen molar-refractivity contribution < 1.29 is 0 Å². The lowest BCUT2D eigenvalue weighted by Gasteiger charge is -2.16. The maximum absolute atomic E-state index is 9.00. The zero-order valence-electron chi connectivity index (χ0n) is 18.1. The molecule has 0 saturated heterocycles. The van der Waals surface area contributed by atoms with Crippen LogP contribution in [0.5, 0.6) is 0 Å². The summed E-state index contributed by atoms with van der Waals surface area (Å²) in [5, 5.41) is 26.6. The van der Waals surface area contributed by atoms with Crippen LogP contribution < -0.4 is 10.6 Å². The van der Waals surface area contributed by atoms with Gasteiger partial charge in [-0.15, -0.1) is 11.3 Å². The molecule has 0 saturated carbocycles. The van der Waals surface area contributed by atoms with E-state index in [0.29, 0.717) is 17.3 Å². The Morgan fingerprint density at radius 2 is 1.76 bits per heavy atom. The molecule has 0 aliphatic carbocycles. The second kappa shape index (κ2) is 9.78. The van der Waals surface area contributed by atoms with Gasteiger partial charge in [0.1, 0.15) is 5.82 Å². The normalized spacial score (nSPS) is 10.5. The number of benzene rings is 2. The molecule has 6 nitrogen and oxygen atoms in total. The Morgan fingerprint density at radius 3 is 2.39 bits per heavy atom. The van der Waals surface area contributed by atoms with Gasteiger partial charge in [-0.1, -0.05) is 6.07 Å². The Bertz CT molecular complexity index is 1370. The number of hydrogen-bond acceptors (Lipinski definition) is 7. The lowest BCUT2D eigenvalue weighted by Crippen LogP contribution is -2.04. The zero-order valence-corrected chi connectivity index (χ0v) is 18.9. The molecule has 160 valence electrons. The first-order chi connectivity index (χ1) is 16.1. The Labute approximate surface area is 196 Å². The molecule has 0 fully saturated rings. The van der Waals surface area contributed by atoms with Crippen LogP contribution in [0.15, 0.2) is 66.2 Å². The molecular formula is C26H20N6S. The van der Waals surface area contributed by atoms with Gasteiger partial charge in [-0.05, 0) is 84.5 Å². The number of nitriles is 2. The summed E-state index contributed by atoms with van der Waals surface area (Å²) in [6.45, 7) is 4.06. The van der Waals surface area contributed by atoms with Crippen LogP contribution in [0.4, 0.5) is 23.1 Å². The second-order valence-corrected chi connectivity index (χ2v) is 8.31. The fourth-order valence-electron chi connectivity index (χ4n) is 3.45. The van der Waals surface area contributed by atoms with Crippen molar-refractivity contribution in [3.63, 3.8) is 0 Å². The van der Waals surface area contributed by atoms with Crippen molar-refractivity contribution in [3.8, 4) is 22.6 Å². The SMILES string of the molecule is Cc1cc(/C=C/C#N)cc(C)c1Nc1nc(Nc2ccc(C#N)cc2)ncc1-c1cccs1. The average molecular weight is 449 g/mol. The standard InChI is InChI=1S/C26H20N6S/c1-17-13-20(5-3-11-27)14-18(2)24(17)31-25-22(23-6-4-12-33-23)16-29-26(32-25)30-21-9-7-19(15-28)8-10-21/h3-10,12-14,16H,1-2H3,(H2,29,30,31,32)/b5-3+. The van der Waals surface area contributed by atoms with Crippen molar-refractivity contribution in [2.45, 2.75) is 13.8 Å². The number of rotatable bonds is 6. The van der Waals surface area contributed by atoms with Crippen molar-refractivity contribution >= 4 is 40.6 Å². The molecule has 0 spiro atoms. The molecule has 2 aromatic heterocycles. The number of aryl methyl sites for hydroxylation is 2.